The number of amides is 1. The van der Waals surface area contributed by atoms with Crippen LogP contribution in [0.25, 0.3) is 0 Å². The number of nitrogen functional groups attached to an aromatic ring is 1. The average molecular weight is 347 g/mol. The van der Waals surface area contributed by atoms with E-state index in [0.717, 1.165) is 24.1 Å². The van der Waals surface area contributed by atoms with Crippen LogP contribution in [0.5, 0.6) is 0 Å². The third-order valence-corrected chi connectivity index (χ3v) is 3.96. The molecule has 2 aromatic rings. The Morgan fingerprint density at radius 2 is 1.58 bits per heavy atom. The lowest BCUT2D eigenvalue weighted by Gasteiger charge is -2.08. The van der Waals surface area contributed by atoms with Crippen LogP contribution in [-0.4, -0.2) is 12.5 Å². The summed E-state index contributed by atoms with van der Waals surface area (Å²) in [7, 11) is 0. The smallest absolute Gasteiger partial charge is 0.224 e. The van der Waals surface area contributed by atoms with Crippen molar-refractivity contribution in [1.29, 1.82) is 0 Å². The Bertz CT molecular complexity index is 621. The first-order valence-electron chi connectivity index (χ1n) is 8.24. The van der Waals surface area contributed by atoms with Crippen molar-refractivity contribution in [3.8, 4) is 0 Å². The molecule has 0 aromatic heterocycles. The van der Waals surface area contributed by atoms with Crippen LogP contribution in [0.15, 0.2) is 48.5 Å². The number of anilines is 1. The molecule has 2 rings (SSSR count). The topological polar surface area (TPSA) is 55.1 Å². The van der Waals surface area contributed by atoms with E-state index in [1.54, 1.807) is 0 Å². The lowest BCUT2D eigenvalue weighted by atomic mass is 10.0. The summed E-state index contributed by atoms with van der Waals surface area (Å²) in [5.74, 6) is 0.626. The molecule has 0 unspecified atom stereocenters. The van der Waals surface area contributed by atoms with Crippen molar-refractivity contribution in [3.63, 3.8) is 0 Å². The highest BCUT2D eigenvalue weighted by Crippen LogP contribution is 2.15. The zero-order valence-electron chi connectivity index (χ0n) is 14.4. The second-order valence-electron chi connectivity index (χ2n) is 6.27. The van der Waals surface area contributed by atoms with E-state index in [0.29, 0.717) is 18.9 Å². The maximum atomic E-state index is 11.9. The monoisotopic (exact) mass is 346 g/mol. The fraction of sp³-hybridized carbons (Fsp3) is 0.350. The molecule has 130 valence electrons. The van der Waals surface area contributed by atoms with E-state index >= 15 is 0 Å². The van der Waals surface area contributed by atoms with Crippen LogP contribution in [0.1, 0.15) is 42.9 Å². The van der Waals surface area contributed by atoms with E-state index in [1.807, 2.05) is 24.3 Å². The predicted octanol–water partition coefficient (Wildman–Crippen LogP) is 4.11. The van der Waals surface area contributed by atoms with Crippen LogP contribution in [0.4, 0.5) is 5.69 Å². The van der Waals surface area contributed by atoms with Gasteiger partial charge in [-0.05, 0) is 47.6 Å². The van der Waals surface area contributed by atoms with Gasteiger partial charge >= 0.3 is 0 Å². The van der Waals surface area contributed by atoms with E-state index in [-0.39, 0.29) is 18.3 Å². The van der Waals surface area contributed by atoms with Gasteiger partial charge in [0.25, 0.3) is 0 Å². The first-order valence-corrected chi connectivity index (χ1v) is 8.24. The van der Waals surface area contributed by atoms with Gasteiger partial charge in [-0.2, -0.15) is 0 Å². The number of benzene rings is 2. The molecule has 3 N–H and O–H groups in total. The van der Waals surface area contributed by atoms with E-state index in [1.165, 1.54) is 11.1 Å². The van der Waals surface area contributed by atoms with Gasteiger partial charge in [0.2, 0.25) is 5.91 Å². The maximum Gasteiger partial charge on any atom is 0.224 e. The minimum atomic E-state index is 0. The lowest BCUT2D eigenvalue weighted by Crippen LogP contribution is -2.26. The molecule has 3 nitrogen and oxygen atoms in total. The summed E-state index contributed by atoms with van der Waals surface area (Å²) in [6.45, 7) is 5.11. The Morgan fingerprint density at radius 1 is 1.00 bits per heavy atom. The van der Waals surface area contributed by atoms with Gasteiger partial charge in [-0.3, -0.25) is 4.79 Å². The molecule has 0 heterocycles. The molecular formula is C20H27ClN2O. The van der Waals surface area contributed by atoms with Gasteiger partial charge in [0.15, 0.2) is 0 Å². The molecule has 0 aliphatic carbocycles. The molecule has 0 bridgehead atoms. The van der Waals surface area contributed by atoms with Crippen molar-refractivity contribution in [1.82, 2.24) is 5.32 Å². The SMILES string of the molecule is CC(C)c1ccc(CCCNC(=O)Cc2ccc(N)cc2)cc1.Cl. The predicted molar refractivity (Wildman–Crippen MR) is 104 cm³/mol. The molecule has 0 atom stereocenters. The Balaban J connectivity index is 0.00000288. The van der Waals surface area contributed by atoms with Gasteiger partial charge in [0.1, 0.15) is 0 Å². The highest BCUT2D eigenvalue weighted by atomic mass is 35.5. The molecule has 24 heavy (non-hydrogen) atoms. The van der Waals surface area contributed by atoms with Crippen LogP contribution in [0.3, 0.4) is 0 Å². The van der Waals surface area contributed by atoms with E-state index in [9.17, 15) is 4.79 Å². The zero-order valence-corrected chi connectivity index (χ0v) is 15.2. The number of rotatable bonds is 7. The largest absolute Gasteiger partial charge is 0.399 e. The summed E-state index contributed by atoms with van der Waals surface area (Å²) in [4.78, 5) is 11.9. The lowest BCUT2D eigenvalue weighted by molar-refractivity contribution is -0.120. The summed E-state index contributed by atoms with van der Waals surface area (Å²) in [6, 6.07) is 16.2. The number of aryl methyl sites for hydroxylation is 1. The van der Waals surface area contributed by atoms with Gasteiger partial charge in [0.05, 0.1) is 6.42 Å². The van der Waals surface area contributed by atoms with Crippen LogP contribution in [0, 0.1) is 0 Å². The average Bonchev–Trinajstić information content (AvgIpc) is 2.54. The first-order chi connectivity index (χ1) is 11.0. The molecule has 0 saturated heterocycles. The van der Waals surface area contributed by atoms with Crippen molar-refractivity contribution in [2.24, 2.45) is 0 Å². The fourth-order valence-electron chi connectivity index (χ4n) is 2.47. The van der Waals surface area contributed by atoms with Crippen LogP contribution in [-0.2, 0) is 17.6 Å². The third-order valence-electron chi connectivity index (χ3n) is 3.96. The number of hydrogen-bond donors (Lipinski definition) is 2. The molecule has 0 fully saturated rings. The minimum Gasteiger partial charge on any atom is -0.399 e. The van der Waals surface area contributed by atoms with E-state index in [2.05, 4.69) is 43.4 Å². The quantitative estimate of drug-likeness (QED) is 0.585. The number of nitrogens with two attached hydrogens (primary N) is 1. The summed E-state index contributed by atoms with van der Waals surface area (Å²) in [5, 5.41) is 2.98. The number of carbonyl (C=O) groups excluding carboxylic acids is 1. The van der Waals surface area contributed by atoms with Crippen LogP contribution < -0.4 is 11.1 Å². The van der Waals surface area contributed by atoms with Crippen molar-refractivity contribution in [2.75, 3.05) is 12.3 Å². The second kappa shape index (κ2) is 9.99. The molecule has 0 aliphatic heterocycles. The zero-order chi connectivity index (χ0) is 16.7. The Labute approximate surface area is 151 Å². The molecule has 0 aliphatic rings. The number of carbonyl (C=O) groups is 1. The van der Waals surface area contributed by atoms with Crippen molar-refractivity contribution >= 4 is 24.0 Å². The molecule has 4 heteroatoms. The summed E-state index contributed by atoms with van der Waals surface area (Å²) >= 11 is 0. The fourth-order valence-corrected chi connectivity index (χ4v) is 2.47. The Hall–Kier alpha value is -2.00. The molecule has 1 amide bonds. The summed E-state index contributed by atoms with van der Waals surface area (Å²) < 4.78 is 0. The number of halogens is 1. The van der Waals surface area contributed by atoms with Crippen molar-refractivity contribution in [3.05, 3.63) is 65.2 Å². The molecule has 0 spiro atoms. The van der Waals surface area contributed by atoms with Crippen molar-refractivity contribution < 1.29 is 4.79 Å². The maximum absolute atomic E-state index is 11.9. The van der Waals surface area contributed by atoms with Crippen LogP contribution in [0.2, 0.25) is 0 Å². The summed E-state index contributed by atoms with van der Waals surface area (Å²) in [6.07, 6.45) is 2.35. The first kappa shape index (κ1) is 20.0. The van der Waals surface area contributed by atoms with Gasteiger partial charge in [-0.1, -0.05) is 50.2 Å². The van der Waals surface area contributed by atoms with Gasteiger partial charge in [-0.25, -0.2) is 0 Å². The summed E-state index contributed by atoms with van der Waals surface area (Å²) in [5.41, 5.74) is 10.0. The number of nitrogens with one attached hydrogen (secondary N) is 1. The normalized spacial score (nSPS) is 10.3. The van der Waals surface area contributed by atoms with Gasteiger partial charge in [0, 0.05) is 12.2 Å². The molecule has 0 saturated carbocycles. The van der Waals surface area contributed by atoms with Gasteiger partial charge in [-0.15, -0.1) is 12.4 Å². The highest BCUT2D eigenvalue weighted by molar-refractivity contribution is 5.85. The van der Waals surface area contributed by atoms with Crippen molar-refractivity contribution in [2.45, 2.75) is 39.0 Å². The van der Waals surface area contributed by atoms with E-state index < -0.39 is 0 Å². The molecular weight excluding hydrogens is 320 g/mol. The Kier molecular flexibility index (Phi) is 8.34. The second-order valence-corrected chi connectivity index (χ2v) is 6.27. The molecule has 0 radical (unpaired) electrons. The van der Waals surface area contributed by atoms with Crippen LogP contribution >= 0.6 is 12.4 Å². The molecule has 2 aromatic carbocycles. The van der Waals surface area contributed by atoms with E-state index in [4.69, 9.17) is 5.73 Å². The minimum absolute atomic E-state index is 0. The number of hydrogen-bond acceptors (Lipinski definition) is 2. The highest BCUT2D eigenvalue weighted by Gasteiger charge is 2.03. The standard InChI is InChI=1S/C20H26N2O.ClH/c1-15(2)18-9-5-16(6-10-18)4-3-13-22-20(23)14-17-7-11-19(21)12-8-17;/h5-12,15H,3-4,13-14,21H2,1-2H3,(H,22,23);1H. The third kappa shape index (κ3) is 6.63. The van der Waals surface area contributed by atoms with Gasteiger partial charge < -0.3 is 11.1 Å². The Morgan fingerprint density at radius 3 is 2.17 bits per heavy atom.